The SMILES string of the molecule is Cc1cc(C)c(-c2c3nc(c(-c4c(C)cc(C)cc4C)c4ccc([nH]4)c(-c4c(C)cc(C)cc4C)c4nc(c(-c5ccc(C#Cc6ccc(-c7c8nc(c(-c9c(C)cc(C)cc9C)c9ccc([nH]9)c(-c9c(C)cc(C#C[Si](C)(C)C)cc9C)c9nc(c(-c%10c(C)cc(C)cc%10C)c%10ccc7[nH]%10)C=C9)C=C8)cc6)cc5)c5ccc2[nH]5)C=C4)C=C3)c(C)c1. The normalized spacial score (nSPS) is 12.2. The highest BCUT2D eigenvalue weighted by atomic mass is 28.3. The average molecular weight is 1590 g/mol. The van der Waals surface area contributed by atoms with Crippen molar-refractivity contribution in [2.24, 2.45) is 0 Å². The maximum atomic E-state index is 5.78. The number of hydrogen-bond donors (Lipinski definition) is 4. The van der Waals surface area contributed by atoms with Crippen molar-refractivity contribution in [3.05, 3.63) is 327 Å². The van der Waals surface area contributed by atoms with Crippen LogP contribution in [0.1, 0.15) is 157 Å². The Morgan fingerprint density at radius 1 is 0.198 bits per heavy atom. The molecule has 10 heterocycles. The predicted octanol–water partition coefficient (Wildman–Crippen LogP) is 28.8. The maximum absolute atomic E-state index is 5.78. The lowest BCUT2D eigenvalue weighted by atomic mass is 9.92. The highest BCUT2D eigenvalue weighted by Gasteiger charge is 2.27. The van der Waals surface area contributed by atoms with Gasteiger partial charge in [-0.15, -0.1) is 5.54 Å². The second kappa shape index (κ2) is 30.6. The monoisotopic (exact) mass is 1580 g/mol. The van der Waals surface area contributed by atoms with Crippen LogP contribution >= 0.6 is 0 Å². The zero-order valence-electron chi connectivity index (χ0n) is 73.1. The van der Waals surface area contributed by atoms with Crippen molar-refractivity contribution >= 4 is 101 Å². The first-order valence-electron chi connectivity index (χ1n) is 42.1. The summed E-state index contributed by atoms with van der Waals surface area (Å²) in [5, 5.41) is 0. The summed E-state index contributed by atoms with van der Waals surface area (Å²) in [5.74, 6) is 10.7. The summed E-state index contributed by atoms with van der Waals surface area (Å²) in [7, 11) is -1.65. The molecule has 0 aliphatic carbocycles. The molecule has 0 radical (unpaired) electrons. The molecule has 9 heteroatoms. The van der Waals surface area contributed by atoms with Crippen LogP contribution in [0.25, 0.3) is 182 Å². The molecule has 121 heavy (non-hydrogen) atoms. The van der Waals surface area contributed by atoms with Gasteiger partial charge >= 0.3 is 0 Å². The Balaban J connectivity index is 0.798. The highest BCUT2D eigenvalue weighted by molar-refractivity contribution is 6.83. The number of aryl methyl sites for hydroxylation is 17. The number of fused-ring (bicyclic) bond motifs is 16. The Morgan fingerprint density at radius 2 is 0.380 bits per heavy atom. The fourth-order valence-corrected chi connectivity index (χ4v) is 20.3. The van der Waals surface area contributed by atoms with Crippen LogP contribution in [-0.4, -0.2) is 47.9 Å². The molecule has 8 nitrogen and oxygen atoms in total. The first-order valence-corrected chi connectivity index (χ1v) is 45.6. The summed E-state index contributed by atoms with van der Waals surface area (Å²) >= 11 is 0. The molecule has 592 valence electrons. The van der Waals surface area contributed by atoms with Crippen LogP contribution in [0.3, 0.4) is 0 Å². The van der Waals surface area contributed by atoms with Crippen LogP contribution in [-0.2, 0) is 0 Å². The summed E-state index contributed by atoms with van der Waals surface area (Å²) in [6, 6.07) is 62.6. The molecular weight excluding hydrogens is 1490 g/mol. The number of nitrogens with zero attached hydrogens (tertiary/aromatic N) is 4. The number of nitrogens with one attached hydrogen (secondary N) is 4. The molecule has 4 aliphatic heterocycles. The summed E-state index contributed by atoms with van der Waals surface area (Å²) in [5.41, 5.74) is 58.4. The van der Waals surface area contributed by atoms with Gasteiger partial charge in [-0.05, 0) is 363 Å². The topological polar surface area (TPSA) is 115 Å². The van der Waals surface area contributed by atoms with E-state index >= 15 is 0 Å². The molecule has 14 aromatic rings. The first-order chi connectivity index (χ1) is 58.0. The predicted molar refractivity (Wildman–Crippen MR) is 518 cm³/mol. The molecule has 4 aliphatic rings. The van der Waals surface area contributed by atoms with Crippen LogP contribution < -0.4 is 0 Å². The van der Waals surface area contributed by atoms with Crippen LogP contribution in [0.4, 0.5) is 0 Å². The Labute approximate surface area is 712 Å². The molecule has 4 N–H and O–H groups in total. The summed E-state index contributed by atoms with van der Waals surface area (Å²) < 4.78 is 0. The fourth-order valence-electron chi connectivity index (χ4n) is 19.7. The van der Waals surface area contributed by atoms with Crippen molar-refractivity contribution in [1.29, 1.82) is 0 Å². The molecule has 16 bridgehead atoms. The average Bonchev–Trinajstić information content (AvgIpc) is 1.64. The van der Waals surface area contributed by atoms with E-state index in [4.69, 9.17) is 19.9 Å². The van der Waals surface area contributed by atoms with E-state index in [-0.39, 0.29) is 0 Å². The van der Waals surface area contributed by atoms with Gasteiger partial charge in [0.15, 0.2) is 0 Å². The lowest BCUT2D eigenvalue weighted by Gasteiger charge is -2.14. The number of hydrogen-bond acceptors (Lipinski definition) is 4. The first kappa shape index (κ1) is 78.5. The van der Waals surface area contributed by atoms with E-state index in [0.717, 1.165) is 201 Å². The molecule has 0 spiro atoms. The Kier molecular flexibility index (Phi) is 19.8. The molecule has 0 saturated heterocycles. The van der Waals surface area contributed by atoms with Crippen molar-refractivity contribution < 1.29 is 0 Å². The number of rotatable bonds is 8. The largest absolute Gasteiger partial charge is 0.354 e. The Bertz CT molecular complexity index is 7210. The van der Waals surface area contributed by atoms with Gasteiger partial charge in [-0.3, -0.25) is 0 Å². The molecule has 0 saturated carbocycles. The molecule has 18 rings (SSSR count). The van der Waals surface area contributed by atoms with Crippen molar-refractivity contribution in [1.82, 2.24) is 39.9 Å². The summed E-state index contributed by atoms with van der Waals surface area (Å²) in [6.07, 6.45) is 17.6. The van der Waals surface area contributed by atoms with E-state index in [1.54, 1.807) is 0 Å². The van der Waals surface area contributed by atoms with E-state index in [1.807, 2.05) is 0 Å². The van der Waals surface area contributed by atoms with Gasteiger partial charge in [-0.25, -0.2) is 19.9 Å². The molecule has 6 aromatic heterocycles. The zero-order chi connectivity index (χ0) is 84.5. The number of H-pyrrole nitrogens is 4. The van der Waals surface area contributed by atoms with Crippen LogP contribution in [0.15, 0.2) is 170 Å². The third-order valence-electron chi connectivity index (χ3n) is 24.2. The Hall–Kier alpha value is -13.7. The van der Waals surface area contributed by atoms with Gasteiger partial charge in [-0.1, -0.05) is 150 Å². The highest BCUT2D eigenvalue weighted by Crippen LogP contribution is 2.47. The van der Waals surface area contributed by atoms with Crippen molar-refractivity contribution in [3.8, 4) is 112 Å². The minimum atomic E-state index is -1.65. The summed E-state index contributed by atoms with van der Waals surface area (Å²) in [4.78, 5) is 39.2. The molecule has 8 aromatic carbocycles. The van der Waals surface area contributed by atoms with Gasteiger partial charge in [0.05, 0.1) is 45.6 Å². The molecule has 0 amide bonds. The van der Waals surface area contributed by atoms with Gasteiger partial charge in [0.1, 0.15) is 8.07 Å². The van der Waals surface area contributed by atoms with Gasteiger partial charge in [0.25, 0.3) is 0 Å². The number of aromatic nitrogens is 8. The number of aromatic amines is 4. The molecular formula is C112H100N8Si. The lowest BCUT2D eigenvalue weighted by Crippen LogP contribution is -2.16. The van der Waals surface area contributed by atoms with E-state index in [2.05, 4.69) is 399 Å². The fraction of sp³-hybridized carbons (Fsp3) is 0.179. The minimum Gasteiger partial charge on any atom is -0.354 e. The maximum Gasteiger partial charge on any atom is 0.129 e. The quantitative estimate of drug-likeness (QED) is 0.0896. The minimum absolute atomic E-state index is 0.841. The third kappa shape index (κ3) is 14.6. The molecule has 0 fully saturated rings. The number of benzene rings is 8. The van der Waals surface area contributed by atoms with Gasteiger partial charge < -0.3 is 19.9 Å². The van der Waals surface area contributed by atoms with E-state index in [0.29, 0.717) is 0 Å². The second-order valence-corrected chi connectivity index (χ2v) is 40.0. The summed E-state index contributed by atoms with van der Waals surface area (Å²) in [6.45, 7) is 44.5. The molecule has 0 unspecified atom stereocenters. The van der Waals surface area contributed by atoms with Crippen molar-refractivity contribution in [2.45, 2.75) is 137 Å². The molecule has 0 atom stereocenters. The third-order valence-corrected chi connectivity index (χ3v) is 25.1. The Morgan fingerprint density at radius 3 is 0.579 bits per heavy atom. The van der Waals surface area contributed by atoms with Crippen molar-refractivity contribution in [3.63, 3.8) is 0 Å². The second-order valence-electron chi connectivity index (χ2n) is 35.3. The van der Waals surface area contributed by atoms with Gasteiger partial charge in [-0.2, -0.15) is 0 Å². The van der Waals surface area contributed by atoms with E-state index in [1.165, 1.54) is 89.0 Å². The van der Waals surface area contributed by atoms with Gasteiger partial charge in [0.2, 0.25) is 0 Å². The van der Waals surface area contributed by atoms with Crippen LogP contribution in [0, 0.1) is 141 Å². The van der Waals surface area contributed by atoms with Gasteiger partial charge in [0, 0.05) is 105 Å². The van der Waals surface area contributed by atoms with E-state index in [9.17, 15) is 0 Å². The van der Waals surface area contributed by atoms with Crippen molar-refractivity contribution in [2.75, 3.05) is 0 Å². The van der Waals surface area contributed by atoms with E-state index < -0.39 is 8.07 Å². The van der Waals surface area contributed by atoms with Crippen LogP contribution in [0.5, 0.6) is 0 Å². The lowest BCUT2D eigenvalue weighted by molar-refractivity contribution is 1.27. The smallest absolute Gasteiger partial charge is 0.129 e. The zero-order valence-corrected chi connectivity index (χ0v) is 74.1. The standard InChI is InChI=1S/C112H100N8Si/c1-61-49-66(6)99(67(7)50-61)107-87-35-31-83(113-87)105(84-32-36-88(114-84)108(100-68(8)51-62(2)52-69(100)9)92-40-42-96(118-92)111(95-41-39-91(107)117-95)103-74(14)57-65(5)58-75(103)15)81-27-23-78(24-28-81)21-22-79-25-29-82(30-26-79)106-85-33-37-89(115-85)109(101-70(10)53-63(3)54-71(101)11)93-43-45-97(119-93)112(104-76(16)59-80(60-77(104)17)47-48-121(18,19)20)98-46-44-94(120-98)110(90-38-34-86(106)116-90)102-72(12)55-64(4)56-73(102)13/h23-46,49-60,113,115,118,120H,1-20H3. The van der Waals surface area contributed by atoms with Crippen LogP contribution in [0.2, 0.25) is 19.6 Å².